The van der Waals surface area contributed by atoms with Crippen LogP contribution in [0, 0.1) is 5.41 Å². The first-order chi connectivity index (χ1) is 7.10. The van der Waals surface area contributed by atoms with E-state index in [0.717, 1.165) is 28.8 Å². The second kappa shape index (κ2) is 4.78. The van der Waals surface area contributed by atoms with Gasteiger partial charge in [-0.3, -0.25) is 0 Å². The van der Waals surface area contributed by atoms with Gasteiger partial charge < -0.3 is 10.7 Å². The Balaban J connectivity index is 3.19. The number of hydrogen-bond acceptors (Lipinski definition) is 2. The first kappa shape index (κ1) is 11.5. The highest BCUT2D eigenvalue weighted by molar-refractivity contribution is 6.01. The van der Waals surface area contributed by atoms with Crippen LogP contribution in [0.2, 0.25) is 0 Å². The van der Waals surface area contributed by atoms with Crippen molar-refractivity contribution in [3.8, 4) is 0 Å². The molecule has 2 N–H and O–H groups in total. The summed E-state index contributed by atoms with van der Waals surface area (Å²) in [5.41, 5.74) is 4.79. The topological polar surface area (TPSA) is 35.9 Å². The molecule has 0 aliphatic rings. The van der Waals surface area contributed by atoms with Crippen molar-refractivity contribution in [3.63, 3.8) is 0 Å². The third-order valence-electron chi connectivity index (χ3n) is 2.53. The standard InChI is InChI=1S/C13H18N2/c1-5-9(2)11-6-7-12(10(3)14)13(8-11)15-4/h6-8,14-15H,2,5H2,1,3-4H3. The summed E-state index contributed by atoms with van der Waals surface area (Å²) in [5.74, 6) is 0. The molecule has 1 aromatic carbocycles. The molecule has 2 nitrogen and oxygen atoms in total. The Morgan fingerprint density at radius 2 is 2.13 bits per heavy atom. The summed E-state index contributed by atoms with van der Waals surface area (Å²) in [7, 11) is 1.88. The molecule has 0 aromatic heterocycles. The third kappa shape index (κ3) is 2.46. The number of benzene rings is 1. The van der Waals surface area contributed by atoms with E-state index in [-0.39, 0.29) is 0 Å². The normalized spacial score (nSPS) is 9.80. The second-order valence-electron chi connectivity index (χ2n) is 3.59. The van der Waals surface area contributed by atoms with E-state index < -0.39 is 0 Å². The molecule has 0 fully saturated rings. The van der Waals surface area contributed by atoms with Gasteiger partial charge in [0, 0.05) is 24.0 Å². The van der Waals surface area contributed by atoms with Gasteiger partial charge in [-0.1, -0.05) is 25.6 Å². The Kier molecular flexibility index (Phi) is 3.67. The van der Waals surface area contributed by atoms with Crippen LogP contribution in [0.15, 0.2) is 24.8 Å². The van der Waals surface area contributed by atoms with Crippen LogP contribution >= 0.6 is 0 Å². The van der Waals surface area contributed by atoms with E-state index in [1.54, 1.807) is 6.92 Å². The average Bonchev–Trinajstić information content (AvgIpc) is 2.26. The molecule has 0 aliphatic carbocycles. The number of nitrogens with one attached hydrogen (secondary N) is 2. The molecule has 0 bridgehead atoms. The van der Waals surface area contributed by atoms with Gasteiger partial charge in [0.15, 0.2) is 0 Å². The van der Waals surface area contributed by atoms with Crippen LogP contribution < -0.4 is 5.32 Å². The maximum atomic E-state index is 7.64. The number of rotatable bonds is 4. The van der Waals surface area contributed by atoms with Crippen molar-refractivity contribution in [2.24, 2.45) is 0 Å². The zero-order chi connectivity index (χ0) is 11.4. The first-order valence-corrected chi connectivity index (χ1v) is 5.15. The molecule has 15 heavy (non-hydrogen) atoms. The van der Waals surface area contributed by atoms with Crippen molar-refractivity contribution in [3.05, 3.63) is 35.9 Å². The molecule has 0 aliphatic heterocycles. The van der Waals surface area contributed by atoms with Crippen LogP contribution in [-0.4, -0.2) is 12.8 Å². The predicted molar refractivity (Wildman–Crippen MR) is 67.8 cm³/mol. The molecular weight excluding hydrogens is 184 g/mol. The zero-order valence-electron chi connectivity index (χ0n) is 9.65. The second-order valence-corrected chi connectivity index (χ2v) is 3.59. The van der Waals surface area contributed by atoms with E-state index >= 15 is 0 Å². The summed E-state index contributed by atoms with van der Waals surface area (Å²) in [5, 5.41) is 10.8. The van der Waals surface area contributed by atoms with E-state index in [2.05, 4.69) is 24.9 Å². The number of anilines is 1. The minimum atomic E-state index is 0.577. The number of hydrogen-bond donors (Lipinski definition) is 2. The molecule has 80 valence electrons. The fourth-order valence-corrected chi connectivity index (χ4v) is 1.50. The van der Waals surface area contributed by atoms with Crippen molar-refractivity contribution in [1.82, 2.24) is 0 Å². The van der Waals surface area contributed by atoms with Crippen molar-refractivity contribution in [1.29, 1.82) is 5.41 Å². The summed E-state index contributed by atoms with van der Waals surface area (Å²) in [6, 6.07) is 6.06. The quantitative estimate of drug-likeness (QED) is 0.720. The maximum absolute atomic E-state index is 7.64. The summed E-state index contributed by atoms with van der Waals surface area (Å²) < 4.78 is 0. The van der Waals surface area contributed by atoms with E-state index in [9.17, 15) is 0 Å². The lowest BCUT2D eigenvalue weighted by molar-refractivity contribution is 1.24. The fraction of sp³-hybridized carbons (Fsp3) is 0.308. The molecule has 0 saturated carbocycles. The van der Waals surface area contributed by atoms with Crippen molar-refractivity contribution < 1.29 is 0 Å². The van der Waals surface area contributed by atoms with E-state index in [1.165, 1.54) is 0 Å². The lowest BCUT2D eigenvalue weighted by atomic mass is 10.00. The Hall–Kier alpha value is -1.57. The summed E-state index contributed by atoms with van der Waals surface area (Å²) in [6.07, 6.45) is 0.950. The zero-order valence-corrected chi connectivity index (χ0v) is 9.65. The predicted octanol–water partition coefficient (Wildman–Crippen LogP) is 3.54. The minimum Gasteiger partial charge on any atom is -0.388 e. The smallest absolute Gasteiger partial charge is 0.0435 e. The fourth-order valence-electron chi connectivity index (χ4n) is 1.50. The van der Waals surface area contributed by atoms with Crippen LogP contribution in [0.4, 0.5) is 5.69 Å². The molecule has 1 rings (SSSR count). The van der Waals surface area contributed by atoms with Crippen LogP contribution in [0.1, 0.15) is 31.4 Å². The van der Waals surface area contributed by atoms with Crippen LogP contribution in [0.5, 0.6) is 0 Å². The Labute approximate surface area is 91.5 Å². The lowest BCUT2D eigenvalue weighted by Crippen LogP contribution is -2.00. The summed E-state index contributed by atoms with van der Waals surface area (Å²) in [4.78, 5) is 0. The Morgan fingerprint density at radius 1 is 1.47 bits per heavy atom. The average molecular weight is 202 g/mol. The maximum Gasteiger partial charge on any atom is 0.0435 e. The highest BCUT2D eigenvalue weighted by Crippen LogP contribution is 2.23. The van der Waals surface area contributed by atoms with E-state index in [4.69, 9.17) is 5.41 Å². The van der Waals surface area contributed by atoms with Gasteiger partial charge in [0.25, 0.3) is 0 Å². The van der Waals surface area contributed by atoms with Crippen LogP contribution in [0.3, 0.4) is 0 Å². The Morgan fingerprint density at radius 3 is 2.60 bits per heavy atom. The van der Waals surface area contributed by atoms with Gasteiger partial charge in [0.2, 0.25) is 0 Å². The van der Waals surface area contributed by atoms with Gasteiger partial charge in [0.05, 0.1) is 0 Å². The van der Waals surface area contributed by atoms with Gasteiger partial charge in [-0.05, 0) is 30.5 Å². The molecular formula is C13H18N2. The molecule has 1 aromatic rings. The lowest BCUT2D eigenvalue weighted by Gasteiger charge is -2.11. The highest BCUT2D eigenvalue weighted by Gasteiger charge is 2.05. The third-order valence-corrected chi connectivity index (χ3v) is 2.53. The van der Waals surface area contributed by atoms with E-state index in [0.29, 0.717) is 5.71 Å². The van der Waals surface area contributed by atoms with Crippen molar-refractivity contribution >= 4 is 17.0 Å². The number of allylic oxidation sites excluding steroid dienone is 1. The first-order valence-electron chi connectivity index (χ1n) is 5.15. The molecule has 2 heteroatoms. The van der Waals surface area contributed by atoms with Crippen molar-refractivity contribution in [2.75, 3.05) is 12.4 Å². The molecule has 0 unspecified atom stereocenters. The van der Waals surface area contributed by atoms with E-state index in [1.807, 2.05) is 19.2 Å². The molecule has 0 atom stereocenters. The highest BCUT2D eigenvalue weighted by atomic mass is 14.8. The van der Waals surface area contributed by atoms with Crippen LogP contribution in [-0.2, 0) is 0 Å². The summed E-state index contributed by atoms with van der Waals surface area (Å²) >= 11 is 0. The molecule has 0 amide bonds. The SMILES string of the molecule is C=C(CC)c1ccc(C(C)=N)c(NC)c1. The molecule has 0 spiro atoms. The largest absolute Gasteiger partial charge is 0.388 e. The summed E-state index contributed by atoms with van der Waals surface area (Å²) in [6.45, 7) is 7.90. The van der Waals surface area contributed by atoms with Gasteiger partial charge >= 0.3 is 0 Å². The molecule has 0 radical (unpaired) electrons. The van der Waals surface area contributed by atoms with Gasteiger partial charge in [0.1, 0.15) is 0 Å². The van der Waals surface area contributed by atoms with Crippen molar-refractivity contribution in [2.45, 2.75) is 20.3 Å². The van der Waals surface area contributed by atoms with Gasteiger partial charge in [-0.25, -0.2) is 0 Å². The molecule has 0 saturated heterocycles. The molecule has 0 heterocycles. The van der Waals surface area contributed by atoms with Gasteiger partial charge in [-0.2, -0.15) is 0 Å². The van der Waals surface area contributed by atoms with Crippen LogP contribution in [0.25, 0.3) is 5.57 Å². The monoisotopic (exact) mass is 202 g/mol. The minimum absolute atomic E-state index is 0.577. The van der Waals surface area contributed by atoms with Gasteiger partial charge in [-0.15, -0.1) is 0 Å². The Bertz CT molecular complexity index is 392.